The third kappa shape index (κ3) is 4.93. The van der Waals surface area contributed by atoms with Gasteiger partial charge in [0.15, 0.2) is 12.4 Å². The van der Waals surface area contributed by atoms with Crippen molar-refractivity contribution in [2.75, 3.05) is 24.6 Å². The van der Waals surface area contributed by atoms with Gasteiger partial charge >= 0.3 is 0 Å². The van der Waals surface area contributed by atoms with Crippen molar-refractivity contribution in [3.63, 3.8) is 0 Å². The van der Waals surface area contributed by atoms with Crippen LogP contribution >= 0.6 is 0 Å². The van der Waals surface area contributed by atoms with Gasteiger partial charge in [-0.25, -0.2) is 4.39 Å². The molecule has 7 heteroatoms. The van der Waals surface area contributed by atoms with Crippen molar-refractivity contribution in [3.05, 3.63) is 66.5 Å². The molecule has 1 aliphatic heterocycles. The molecule has 150 valence electrons. The monoisotopic (exact) mass is 394 g/mol. The molecule has 6 nitrogen and oxygen atoms in total. The molecule has 0 radical (unpaired) electrons. The normalized spacial score (nSPS) is 16.4. The molecule has 1 aromatic heterocycles. The van der Waals surface area contributed by atoms with Gasteiger partial charge in [0.1, 0.15) is 11.6 Å². The highest BCUT2D eigenvalue weighted by atomic mass is 19.1. The zero-order valence-corrected chi connectivity index (χ0v) is 16.0. The number of nitrogens with one attached hydrogen (secondary N) is 2. The molecule has 29 heavy (non-hydrogen) atoms. The van der Waals surface area contributed by atoms with Gasteiger partial charge in [-0.1, -0.05) is 18.2 Å². The van der Waals surface area contributed by atoms with Crippen LogP contribution in [0.2, 0.25) is 0 Å². The quantitative estimate of drug-likeness (QED) is 0.673. The van der Waals surface area contributed by atoms with Crippen molar-refractivity contribution >= 4 is 11.7 Å². The highest BCUT2D eigenvalue weighted by molar-refractivity contribution is 5.78. The number of H-pyrrole nitrogens is 1. The first kappa shape index (κ1) is 19.0. The van der Waals surface area contributed by atoms with Crippen molar-refractivity contribution in [2.45, 2.75) is 18.9 Å². The van der Waals surface area contributed by atoms with E-state index in [1.54, 1.807) is 12.1 Å². The predicted octanol–water partition coefficient (Wildman–Crippen LogP) is 3.38. The number of rotatable bonds is 6. The standard InChI is InChI=1S/C22H23FN4O2/c23-17-10-8-16(9-11-17)20-13-21(26-25-20)27-12-4-5-18(14-27)24-22(28)15-29-19-6-2-1-3-7-19/h1-3,6-11,13,18H,4-5,12,14-15H2,(H,24,28)(H,25,26)/t18-/m1/s1. The Hall–Kier alpha value is -3.35. The molecule has 3 aromatic rings. The molecule has 1 aliphatic rings. The van der Waals surface area contributed by atoms with Crippen LogP contribution in [0.4, 0.5) is 10.2 Å². The molecule has 1 fully saturated rings. The molecule has 0 saturated carbocycles. The van der Waals surface area contributed by atoms with E-state index in [1.807, 2.05) is 36.4 Å². The fraction of sp³-hybridized carbons (Fsp3) is 0.273. The van der Waals surface area contributed by atoms with E-state index in [2.05, 4.69) is 20.4 Å². The minimum absolute atomic E-state index is 0.00235. The highest BCUT2D eigenvalue weighted by Gasteiger charge is 2.23. The summed E-state index contributed by atoms with van der Waals surface area (Å²) in [6.07, 6.45) is 1.88. The Kier molecular flexibility index (Phi) is 5.74. The summed E-state index contributed by atoms with van der Waals surface area (Å²) in [5.74, 6) is 1.11. The summed E-state index contributed by atoms with van der Waals surface area (Å²) < 4.78 is 18.6. The van der Waals surface area contributed by atoms with Crippen LogP contribution in [0, 0.1) is 5.82 Å². The molecule has 2 aromatic carbocycles. The lowest BCUT2D eigenvalue weighted by atomic mass is 10.1. The largest absolute Gasteiger partial charge is 0.484 e. The Morgan fingerprint density at radius 1 is 1.21 bits per heavy atom. The number of carbonyl (C=O) groups is 1. The van der Waals surface area contributed by atoms with Crippen LogP contribution in [0.15, 0.2) is 60.7 Å². The number of aromatic amines is 1. The first-order chi connectivity index (χ1) is 14.2. The predicted molar refractivity (Wildman–Crippen MR) is 109 cm³/mol. The molecule has 1 saturated heterocycles. The summed E-state index contributed by atoms with van der Waals surface area (Å²) >= 11 is 0. The van der Waals surface area contributed by atoms with Crippen LogP contribution < -0.4 is 15.0 Å². The molecule has 0 bridgehead atoms. The maximum atomic E-state index is 13.1. The lowest BCUT2D eigenvalue weighted by Crippen LogP contribution is -2.49. The van der Waals surface area contributed by atoms with E-state index in [1.165, 1.54) is 12.1 Å². The Bertz CT molecular complexity index is 943. The van der Waals surface area contributed by atoms with E-state index in [0.717, 1.165) is 36.5 Å². The van der Waals surface area contributed by atoms with Gasteiger partial charge in [0.25, 0.3) is 5.91 Å². The number of piperidine rings is 1. The van der Waals surface area contributed by atoms with Gasteiger partial charge in [0, 0.05) is 25.2 Å². The first-order valence-corrected chi connectivity index (χ1v) is 9.71. The van der Waals surface area contributed by atoms with Crippen LogP contribution in [0.3, 0.4) is 0 Å². The van der Waals surface area contributed by atoms with Crippen LogP contribution in [0.1, 0.15) is 12.8 Å². The third-order valence-corrected chi connectivity index (χ3v) is 4.94. The third-order valence-electron chi connectivity index (χ3n) is 4.94. The molecule has 4 rings (SSSR count). The number of aromatic nitrogens is 2. The molecule has 2 N–H and O–H groups in total. The van der Waals surface area contributed by atoms with Crippen molar-refractivity contribution < 1.29 is 13.9 Å². The summed E-state index contributed by atoms with van der Waals surface area (Å²) in [6, 6.07) is 17.6. The van der Waals surface area contributed by atoms with Crippen LogP contribution in [-0.2, 0) is 4.79 Å². The molecule has 0 unspecified atom stereocenters. The summed E-state index contributed by atoms with van der Waals surface area (Å²) in [7, 11) is 0. The zero-order valence-electron chi connectivity index (χ0n) is 16.0. The molecule has 1 amide bonds. The summed E-state index contributed by atoms with van der Waals surface area (Å²) in [6.45, 7) is 1.56. The average Bonchev–Trinajstić information content (AvgIpc) is 3.24. The second-order valence-corrected chi connectivity index (χ2v) is 7.10. The van der Waals surface area contributed by atoms with Gasteiger partial charge in [-0.3, -0.25) is 9.89 Å². The molecular formula is C22H23FN4O2. The molecule has 0 spiro atoms. The van der Waals surface area contributed by atoms with E-state index < -0.39 is 0 Å². The number of halogens is 1. The number of amides is 1. The minimum Gasteiger partial charge on any atom is -0.484 e. The Morgan fingerprint density at radius 2 is 2.00 bits per heavy atom. The number of nitrogens with zero attached hydrogens (tertiary/aromatic N) is 2. The lowest BCUT2D eigenvalue weighted by molar-refractivity contribution is -0.123. The minimum atomic E-state index is -0.264. The van der Waals surface area contributed by atoms with E-state index in [9.17, 15) is 9.18 Å². The lowest BCUT2D eigenvalue weighted by Gasteiger charge is -2.33. The Balaban J connectivity index is 1.32. The topological polar surface area (TPSA) is 70.2 Å². The van der Waals surface area contributed by atoms with Crippen molar-refractivity contribution in [1.29, 1.82) is 0 Å². The number of hydrogen-bond donors (Lipinski definition) is 2. The van der Waals surface area contributed by atoms with E-state index in [0.29, 0.717) is 12.3 Å². The van der Waals surface area contributed by atoms with Crippen LogP contribution in [-0.4, -0.2) is 41.8 Å². The number of hydrogen-bond acceptors (Lipinski definition) is 4. The van der Waals surface area contributed by atoms with Crippen molar-refractivity contribution in [1.82, 2.24) is 15.5 Å². The number of anilines is 1. The van der Waals surface area contributed by atoms with Crippen molar-refractivity contribution in [2.24, 2.45) is 0 Å². The molecule has 1 atom stereocenters. The molecular weight excluding hydrogens is 371 g/mol. The second kappa shape index (κ2) is 8.77. The fourth-order valence-corrected chi connectivity index (χ4v) is 3.49. The van der Waals surface area contributed by atoms with Gasteiger partial charge in [0.2, 0.25) is 0 Å². The number of para-hydroxylation sites is 1. The Labute approximate surface area is 168 Å². The van der Waals surface area contributed by atoms with E-state index >= 15 is 0 Å². The van der Waals surface area contributed by atoms with Crippen LogP contribution in [0.25, 0.3) is 11.3 Å². The summed E-state index contributed by atoms with van der Waals surface area (Å²) in [5, 5.41) is 10.5. The van der Waals surface area contributed by atoms with E-state index in [4.69, 9.17) is 4.74 Å². The van der Waals surface area contributed by atoms with Crippen LogP contribution in [0.5, 0.6) is 5.75 Å². The van der Waals surface area contributed by atoms with Gasteiger partial charge in [0.05, 0.1) is 5.69 Å². The first-order valence-electron chi connectivity index (χ1n) is 9.71. The van der Waals surface area contributed by atoms with Gasteiger partial charge in [-0.05, 0) is 54.8 Å². The zero-order chi connectivity index (χ0) is 20.1. The summed E-state index contributed by atoms with van der Waals surface area (Å²) in [5.41, 5.74) is 1.72. The summed E-state index contributed by atoms with van der Waals surface area (Å²) in [4.78, 5) is 14.4. The molecule has 0 aliphatic carbocycles. The SMILES string of the molecule is O=C(COc1ccccc1)N[C@@H]1CCCN(c2cc(-c3ccc(F)cc3)[nH]n2)C1. The Morgan fingerprint density at radius 3 is 2.79 bits per heavy atom. The number of carbonyl (C=O) groups excluding carboxylic acids is 1. The van der Waals surface area contributed by atoms with Crippen molar-refractivity contribution in [3.8, 4) is 17.0 Å². The molecule has 2 heterocycles. The number of benzene rings is 2. The maximum Gasteiger partial charge on any atom is 0.258 e. The van der Waals surface area contributed by atoms with Gasteiger partial charge in [-0.2, -0.15) is 5.10 Å². The highest BCUT2D eigenvalue weighted by Crippen LogP contribution is 2.24. The smallest absolute Gasteiger partial charge is 0.258 e. The fourth-order valence-electron chi connectivity index (χ4n) is 3.49. The van der Waals surface area contributed by atoms with E-state index in [-0.39, 0.29) is 24.4 Å². The second-order valence-electron chi connectivity index (χ2n) is 7.10. The average molecular weight is 394 g/mol. The number of ether oxygens (including phenoxy) is 1. The maximum absolute atomic E-state index is 13.1. The van der Waals surface area contributed by atoms with Gasteiger partial charge in [-0.15, -0.1) is 0 Å². The van der Waals surface area contributed by atoms with Gasteiger partial charge < -0.3 is 15.0 Å².